The highest BCUT2D eigenvalue weighted by atomic mass is 19.4. The molecule has 0 N–H and O–H groups in total. The molecule has 1 aliphatic heterocycles. The minimum atomic E-state index is -4.76. The van der Waals surface area contributed by atoms with E-state index in [4.69, 9.17) is 9.47 Å². The van der Waals surface area contributed by atoms with Gasteiger partial charge in [-0.15, -0.1) is 0 Å². The van der Waals surface area contributed by atoms with Crippen LogP contribution in [0.1, 0.15) is 62.6 Å². The molecule has 6 heteroatoms. The minimum absolute atomic E-state index is 0.0322. The molecule has 31 heavy (non-hydrogen) atoms. The summed E-state index contributed by atoms with van der Waals surface area (Å²) in [7, 11) is 0. The van der Waals surface area contributed by atoms with E-state index in [0.29, 0.717) is 31.3 Å². The molecule has 2 aromatic carbocycles. The van der Waals surface area contributed by atoms with Crippen molar-refractivity contribution in [2.75, 3.05) is 6.61 Å². The summed E-state index contributed by atoms with van der Waals surface area (Å²) in [6.45, 7) is 4.88. The quantitative estimate of drug-likeness (QED) is 0.402. The van der Waals surface area contributed by atoms with E-state index in [-0.39, 0.29) is 23.7 Å². The first-order valence-electron chi connectivity index (χ1n) is 11.0. The van der Waals surface area contributed by atoms with Gasteiger partial charge in [0, 0.05) is 0 Å². The highest BCUT2D eigenvalue weighted by molar-refractivity contribution is 5.69. The van der Waals surface area contributed by atoms with Crippen molar-refractivity contribution < 1.29 is 27.0 Å². The topological polar surface area (TPSA) is 18.5 Å². The Bertz CT molecular complexity index is 838. The van der Waals surface area contributed by atoms with Crippen LogP contribution in [0.25, 0.3) is 11.1 Å². The summed E-state index contributed by atoms with van der Waals surface area (Å²) >= 11 is 0. The molecule has 2 unspecified atom stereocenters. The summed E-state index contributed by atoms with van der Waals surface area (Å²) in [5.74, 6) is -1.17. The van der Waals surface area contributed by atoms with E-state index in [1.165, 1.54) is 12.1 Å². The number of aryl methyl sites for hydroxylation is 1. The molecule has 1 saturated heterocycles. The Balaban J connectivity index is 1.69. The average Bonchev–Trinajstić information content (AvgIpc) is 2.74. The smallest absolute Gasteiger partial charge is 0.376 e. The predicted octanol–water partition coefficient (Wildman–Crippen LogP) is 7.33. The number of benzene rings is 2. The summed E-state index contributed by atoms with van der Waals surface area (Å²) in [4.78, 5) is 0. The number of hydrogen-bond donors (Lipinski definition) is 0. The molecule has 0 radical (unpaired) electrons. The molecule has 2 nitrogen and oxygen atoms in total. The maximum Gasteiger partial charge on any atom is 0.419 e. The summed E-state index contributed by atoms with van der Waals surface area (Å²) in [5.41, 5.74) is -0.0413. The second kappa shape index (κ2) is 10.6. The molecule has 0 amide bonds. The monoisotopic (exact) mass is 438 g/mol. The third-order valence-corrected chi connectivity index (χ3v) is 5.71. The van der Waals surface area contributed by atoms with Gasteiger partial charge in [-0.05, 0) is 47.9 Å². The zero-order valence-corrected chi connectivity index (χ0v) is 18.1. The second-order valence-corrected chi connectivity index (χ2v) is 8.16. The van der Waals surface area contributed by atoms with Crippen LogP contribution in [0.3, 0.4) is 0 Å². The summed E-state index contributed by atoms with van der Waals surface area (Å²) in [6.07, 6.45) is 0.530. The van der Waals surface area contributed by atoms with Crippen LogP contribution in [-0.2, 0) is 28.7 Å². The Hall–Kier alpha value is -1.92. The number of alkyl halides is 3. The Kier molecular flexibility index (Phi) is 8.11. The Morgan fingerprint density at radius 1 is 1.00 bits per heavy atom. The minimum Gasteiger partial charge on any atom is -0.376 e. The fourth-order valence-corrected chi connectivity index (χ4v) is 4.06. The van der Waals surface area contributed by atoms with Gasteiger partial charge in [0.2, 0.25) is 0 Å². The number of rotatable bonds is 8. The van der Waals surface area contributed by atoms with Gasteiger partial charge in [-0.3, -0.25) is 0 Å². The van der Waals surface area contributed by atoms with Gasteiger partial charge < -0.3 is 9.47 Å². The van der Waals surface area contributed by atoms with Gasteiger partial charge in [0.1, 0.15) is 5.82 Å². The molecule has 0 spiro atoms. The lowest BCUT2D eigenvalue weighted by atomic mass is 9.94. The van der Waals surface area contributed by atoms with Crippen molar-refractivity contribution >= 4 is 0 Å². The van der Waals surface area contributed by atoms with Crippen LogP contribution in [0.5, 0.6) is 0 Å². The summed E-state index contributed by atoms with van der Waals surface area (Å²) in [5, 5.41) is 0. The Labute approximate surface area is 181 Å². The van der Waals surface area contributed by atoms with Gasteiger partial charge in [0.25, 0.3) is 0 Å². The highest BCUT2D eigenvalue weighted by Crippen LogP contribution is 2.40. The maximum atomic E-state index is 14.6. The standard InChI is InChI=1S/C25H30F4O2/c1-3-5-19-11-14-22(23(24(19)26)25(27,28)29)18-9-7-17(8-10-18)15-30-21-13-12-20(6-4-2)31-16-21/h7-11,14,20-21H,3-6,12-13,15-16H2,1-2H3. The lowest BCUT2D eigenvalue weighted by Crippen LogP contribution is -2.31. The first kappa shape index (κ1) is 23.7. The SMILES string of the molecule is CCCc1ccc(-c2ccc(COC3CCC(CCC)OC3)cc2)c(C(F)(F)F)c1F. The number of halogens is 4. The van der Waals surface area contributed by atoms with Gasteiger partial charge in [0.15, 0.2) is 0 Å². The third kappa shape index (κ3) is 6.07. The van der Waals surface area contributed by atoms with Gasteiger partial charge in [-0.25, -0.2) is 4.39 Å². The number of ether oxygens (including phenoxy) is 2. The first-order valence-corrected chi connectivity index (χ1v) is 11.0. The molecule has 1 aliphatic rings. The Morgan fingerprint density at radius 3 is 2.32 bits per heavy atom. The number of hydrogen-bond acceptors (Lipinski definition) is 2. The van der Waals surface area contributed by atoms with E-state index in [0.717, 1.165) is 31.2 Å². The molecule has 2 aromatic rings. The average molecular weight is 439 g/mol. The van der Waals surface area contributed by atoms with Crippen LogP contribution in [0.15, 0.2) is 36.4 Å². The molecule has 0 bridgehead atoms. The molecular formula is C25H30F4O2. The van der Waals surface area contributed by atoms with Crippen molar-refractivity contribution in [2.24, 2.45) is 0 Å². The highest BCUT2D eigenvalue weighted by Gasteiger charge is 2.38. The van der Waals surface area contributed by atoms with Crippen molar-refractivity contribution in [1.29, 1.82) is 0 Å². The fraction of sp³-hybridized carbons (Fsp3) is 0.520. The summed E-state index contributed by atoms with van der Waals surface area (Å²) in [6, 6.07) is 9.48. The van der Waals surface area contributed by atoms with E-state index in [9.17, 15) is 17.6 Å². The van der Waals surface area contributed by atoms with E-state index in [1.54, 1.807) is 24.3 Å². The molecule has 0 aliphatic carbocycles. The fourth-order valence-electron chi connectivity index (χ4n) is 4.06. The van der Waals surface area contributed by atoms with Crippen LogP contribution in [0, 0.1) is 5.82 Å². The molecule has 2 atom stereocenters. The van der Waals surface area contributed by atoms with E-state index >= 15 is 0 Å². The molecular weight excluding hydrogens is 408 g/mol. The normalized spacial score (nSPS) is 19.5. The lowest BCUT2D eigenvalue weighted by molar-refractivity contribution is -0.139. The second-order valence-electron chi connectivity index (χ2n) is 8.16. The van der Waals surface area contributed by atoms with E-state index in [2.05, 4.69) is 6.92 Å². The van der Waals surface area contributed by atoms with Crippen LogP contribution in [-0.4, -0.2) is 18.8 Å². The predicted molar refractivity (Wildman–Crippen MR) is 113 cm³/mol. The third-order valence-electron chi connectivity index (χ3n) is 5.71. The van der Waals surface area contributed by atoms with Crippen molar-refractivity contribution in [3.63, 3.8) is 0 Å². The molecule has 0 saturated carbocycles. The van der Waals surface area contributed by atoms with Crippen LogP contribution in [0.2, 0.25) is 0 Å². The Morgan fingerprint density at radius 2 is 1.74 bits per heavy atom. The van der Waals surface area contributed by atoms with Crippen LogP contribution >= 0.6 is 0 Å². The van der Waals surface area contributed by atoms with Crippen molar-refractivity contribution in [1.82, 2.24) is 0 Å². The zero-order chi connectivity index (χ0) is 22.4. The largest absolute Gasteiger partial charge is 0.419 e. The maximum absolute atomic E-state index is 14.6. The van der Waals surface area contributed by atoms with Gasteiger partial charge in [-0.1, -0.05) is 63.1 Å². The van der Waals surface area contributed by atoms with Crippen LogP contribution in [0.4, 0.5) is 17.6 Å². The lowest BCUT2D eigenvalue weighted by Gasteiger charge is -2.29. The van der Waals surface area contributed by atoms with Crippen molar-refractivity contribution in [2.45, 2.75) is 77.4 Å². The first-order chi connectivity index (χ1) is 14.8. The van der Waals surface area contributed by atoms with Gasteiger partial charge >= 0.3 is 6.18 Å². The summed E-state index contributed by atoms with van der Waals surface area (Å²) < 4.78 is 67.2. The molecule has 170 valence electrons. The molecule has 3 rings (SSSR count). The molecule has 0 aromatic heterocycles. The van der Waals surface area contributed by atoms with E-state index < -0.39 is 17.6 Å². The van der Waals surface area contributed by atoms with E-state index in [1.807, 2.05) is 6.92 Å². The molecule has 1 heterocycles. The van der Waals surface area contributed by atoms with Crippen molar-refractivity contribution in [3.8, 4) is 11.1 Å². The van der Waals surface area contributed by atoms with Crippen LogP contribution < -0.4 is 0 Å². The van der Waals surface area contributed by atoms with Gasteiger partial charge in [0.05, 0.1) is 31.0 Å². The van der Waals surface area contributed by atoms with Gasteiger partial charge in [-0.2, -0.15) is 13.2 Å². The molecule has 1 fully saturated rings. The zero-order valence-electron chi connectivity index (χ0n) is 18.1. The van der Waals surface area contributed by atoms with Crippen molar-refractivity contribution in [3.05, 3.63) is 58.9 Å².